The van der Waals surface area contributed by atoms with Gasteiger partial charge in [0.15, 0.2) is 5.65 Å². The molecule has 0 radical (unpaired) electrons. The van der Waals surface area contributed by atoms with E-state index in [4.69, 9.17) is 5.11 Å². The van der Waals surface area contributed by atoms with Gasteiger partial charge in [-0.2, -0.15) is 0 Å². The van der Waals surface area contributed by atoms with Gasteiger partial charge < -0.3 is 9.84 Å². The largest absolute Gasteiger partial charge is 0.464 e. The van der Waals surface area contributed by atoms with Gasteiger partial charge in [-0.25, -0.2) is 4.79 Å². The maximum atomic E-state index is 11.5. The van der Waals surface area contributed by atoms with E-state index in [1.54, 1.807) is 22.6 Å². The molecule has 0 saturated heterocycles. The van der Waals surface area contributed by atoms with Crippen molar-refractivity contribution < 1.29 is 14.6 Å². The first kappa shape index (κ1) is 10.6. The maximum Gasteiger partial charge on any atom is 0.355 e. The van der Waals surface area contributed by atoms with Crippen LogP contribution in [0.4, 0.5) is 0 Å². The quantitative estimate of drug-likeness (QED) is 0.741. The third-order valence-corrected chi connectivity index (χ3v) is 2.23. The molecule has 0 amide bonds. The number of hydrogen-bond donors (Lipinski definition) is 1. The van der Waals surface area contributed by atoms with Crippen molar-refractivity contribution in [2.45, 2.75) is 6.42 Å². The Balaban J connectivity index is 2.63. The summed E-state index contributed by atoms with van der Waals surface area (Å²) in [5.74, 6) is 0.0862. The molecule has 0 aliphatic carbocycles. The number of rotatable bonds is 3. The molecule has 16 heavy (non-hydrogen) atoms. The lowest BCUT2D eigenvalue weighted by molar-refractivity contribution is 0.0591. The third kappa shape index (κ3) is 1.63. The molecule has 1 N–H and O–H groups in total. The molecule has 0 aliphatic rings. The van der Waals surface area contributed by atoms with Gasteiger partial charge >= 0.3 is 5.97 Å². The Morgan fingerprint density at radius 3 is 3.00 bits per heavy atom. The van der Waals surface area contributed by atoms with Gasteiger partial charge in [-0.1, -0.05) is 6.07 Å². The van der Waals surface area contributed by atoms with Gasteiger partial charge in [-0.05, 0) is 12.1 Å². The number of aromatic nitrogens is 3. The molecule has 6 heteroatoms. The second kappa shape index (κ2) is 4.28. The Bertz CT molecular complexity index is 521. The number of nitrogens with zero attached hydrogens (tertiary/aromatic N) is 3. The van der Waals surface area contributed by atoms with Crippen LogP contribution in [0.1, 0.15) is 16.3 Å². The van der Waals surface area contributed by atoms with E-state index in [1.165, 1.54) is 7.11 Å². The predicted molar refractivity (Wildman–Crippen MR) is 55.1 cm³/mol. The summed E-state index contributed by atoms with van der Waals surface area (Å²) in [4.78, 5) is 11.5. The van der Waals surface area contributed by atoms with E-state index >= 15 is 0 Å². The van der Waals surface area contributed by atoms with Crippen LogP contribution in [0.25, 0.3) is 5.65 Å². The van der Waals surface area contributed by atoms with Crippen LogP contribution in [0.15, 0.2) is 18.2 Å². The number of methoxy groups -OCH3 is 1. The molecule has 2 heterocycles. The minimum absolute atomic E-state index is 0.0453. The SMILES string of the molecule is COC(=O)c1cccc2nnc(CCO)n12. The molecule has 0 aliphatic heterocycles. The normalized spacial score (nSPS) is 10.6. The topological polar surface area (TPSA) is 76.7 Å². The lowest BCUT2D eigenvalue weighted by atomic mass is 10.3. The van der Waals surface area contributed by atoms with Gasteiger partial charge in [-0.3, -0.25) is 4.40 Å². The summed E-state index contributed by atoms with van der Waals surface area (Å²) < 4.78 is 6.25. The summed E-state index contributed by atoms with van der Waals surface area (Å²) >= 11 is 0. The average Bonchev–Trinajstić information content (AvgIpc) is 2.72. The monoisotopic (exact) mass is 221 g/mol. The minimum atomic E-state index is -0.454. The van der Waals surface area contributed by atoms with Crippen molar-refractivity contribution in [2.24, 2.45) is 0 Å². The molecule has 0 unspecified atom stereocenters. The van der Waals surface area contributed by atoms with Crippen molar-refractivity contribution >= 4 is 11.6 Å². The van der Waals surface area contributed by atoms with E-state index < -0.39 is 5.97 Å². The van der Waals surface area contributed by atoms with E-state index in [0.29, 0.717) is 23.6 Å². The average molecular weight is 221 g/mol. The molecule has 2 aromatic heterocycles. The van der Waals surface area contributed by atoms with Crippen LogP contribution in [0.5, 0.6) is 0 Å². The maximum absolute atomic E-state index is 11.5. The van der Waals surface area contributed by atoms with E-state index in [-0.39, 0.29) is 6.61 Å². The summed E-state index contributed by atoms with van der Waals surface area (Å²) in [7, 11) is 1.32. The lowest BCUT2D eigenvalue weighted by Gasteiger charge is -2.04. The van der Waals surface area contributed by atoms with Crippen molar-refractivity contribution in [3.63, 3.8) is 0 Å². The number of ether oxygens (including phenoxy) is 1. The van der Waals surface area contributed by atoms with E-state index in [1.807, 2.05) is 0 Å². The number of esters is 1. The van der Waals surface area contributed by atoms with Gasteiger partial charge in [0.05, 0.1) is 13.7 Å². The Kier molecular flexibility index (Phi) is 2.82. The summed E-state index contributed by atoms with van der Waals surface area (Å²) in [5.41, 5.74) is 0.916. The van der Waals surface area contributed by atoms with Gasteiger partial charge in [-0.15, -0.1) is 10.2 Å². The number of hydrogen-bond acceptors (Lipinski definition) is 5. The van der Waals surface area contributed by atoms with Crippen molar-refractivity contribution in [3.05, 3.63) is 29.7 Å². The smallest absolute Gasteiger partial charge is 0.355 e. The lowest BCUT2D eigenvalue weighted by Crippen LogP contribution is -2.10. The fraction of sp³-hybridized carbons (Fsp3) is 0.300. The van der Waals surface area contributed by atoms with E-state index in [2.05, 4.69) is 14.9 Å². The van der Waals surface area contributed by atoms with Crippen molar-refractivity contribution in [1.82, 2.24) is 14.6 Å². The van der Waals surface area contributed by atoms with Crippen molar-refractivity contribution in [2.75, 3.05) is 13.7 Å². The van der Waals surface area contributed by atoms with Crippen LogP contribution in [0, 0.1) is 0 Å². The van der Waals surface area contributed by atoms with Crippen molar-refractivity contribution in [1.29, 1.82) is 0 Å². The Labute approximate surface area is 91.5 Å². The molecule has 0 aromatic carbocycles. The highest BCUT2D eigenvalue weighted by atomic mass is 16.5. The highest BCUT2D eigenvalue weighted by Crippen LogP contribution is 2.10. The summed E-state index contributed by atoms with van der Waals surface area (Å²) in [6, 6.07) is 5.07. The highest BCUT2D eigenvalue weighted by molar-refractivity contribution is 5.88. The van der Waals surface area contributed by atoms with Crippen LogP contribution in [0.2, 0.25) is 0 Å². The molecule has 6 nitrogen and oxygen atoms in total. The summed E-state index contributed by atoms with van der Waals surface area (Å²) in [6.45, 7) is -0.0453. The zero-order valence-electron chi connectivity index (χ0n) is 8.75. The van der Waals surface area contributed by atoms with Gasteiger partial charge in [0.25, 0.3) is 0 Å². The molecule has 2 rings (SSSR count). The number of aliphatic hydroxyl groups is 1. The molecular formula is C10H11N3O3. The number of pyridine rings is 1. The van der Waals surface area contributed by atoms with Gasteiger partial charge in [0.2, 0.25) is 0 Å². The van der Waals surface area contributed by atoms with Crippen LogP contribution < -0.4 is 0 Å². The fourth-order valence-corrected chi connectivity index (χ4v) is 1.53. The van der Waals surface area contributed by atoms with Crippen LogP contribution in [0.3, 0.4) is 0 Å². The molecule has 0 atom stereocenters. The van der Waals surface area contributed by atoms with E-state index in [0.717, 1.165) is 0 Å². The van der Waals surface area contributed by atoms with Crippen molar-refractivity contribution in [3.8, 4) is 0 Å². The Morgan fingerprint density at radius 1 is 1.50 bits per heavy atom. The number of aliphatic hydroxyl groups excluding tert-OH is 1. The highest BCUT2D eigenvalue weighted by Gasteiger charge is 2.14. The predicted octanol–water partition coefficient (Wildman–Crippen LogP) is 0.0507. The minimum Gasteiger partial charge on any atom is -0.464 e. The first-order valence-electron chi connectivity index (χ1n) is 4.80. The molecule has 0 spiro atoms. The summed E-state index contributed by atoms with van der Waals surface area (Å²) in [6.07, 6.45) is 0.342. The third-order valence-electron chi connectivity index (χ3n) is 2.23. The zero-order chi connectivity index (χ0) is 11.5. The fourth-order valence-electron chi connectivity index (χ4n) is 1.53. The standard InChI is InChI=1S/C10H11N3O3/c1-16-10(15)7-3-2-4-8-11-12-9(5-6-14)13(7)8/h2-4,14H,5-6H2,1H3. The molecule has 84 valence electrons. The van der Waals surface area contributed by atoms with E-state index in [9.17, 15) is 4.79 Å². The van der Waals surface area contributed by atoms with Crippen LogP contribution in [-0.4, -0.2) is 39.4 Å². The molecule has 0 saturated carbocycles. The number of carbonyl (C=O) groups is 1. The number of carbonyl (C=O) groups excluding carboxylic acids is 1. The molecule has 2 aromatic rings. The van der Waals surface area contributed by atoms with Gasteiger partial charge in [0, 0.05) is 6.42 Å². The van der Waals surface area contributed by atoms with Crippen LogP contribution in [-0.2, 0) is 11.2 Å². The first-order valence-corrected chi connectivity index (χ1v) is 4.80. The Morgan fingerprint density at radius 2 is 2.31 bits per heavy atom. The molecular weight excluding hydrogens is 210 g/mol. The second-order valence-electron chi connectivity index (χ2n) is 3.19. The first-order chi connectivity index (χ1) is 7.77. The second-order valence-corrected chi connectivity index (χ2v) is 3.19. The number of fused-ring (bicyclic) bond motifs is 1. The zero-order valence-corrected chi connectivity index (χ0v) is 8.75. The molecule has 0 bridgehead atoms. The van der Waals surface area contributed by atoms with Gasteiger partial charge in [0.1, 0.15) is 11.5 Å². The van der Waals surface area contributed by atoms with Crippen LogP contribution >= 0.6 is 0 Å². The molecule has 0 fully saturated rings. The summed E-state index contributed by atoms with van der Waals surface area (Å²) in [5, 5.41) is 16.7. The Hall–Kier alpha value is -1.95.